The van der Waals surface area contributed by atoms with Crippen molar-refractivity contribution in [3.8, 4) is 0 Å². The number of hydrogen-bond acceptors (Lipinski definition) is 3. The second-order valence-electron chi connectivity index (χ2n) is 5.54. The first-order valence-electron chi connectivity index (χ1n) is 7.04. The standard InChI is InChI=1S/C15H20FN3O2/c1-8-4-3-5-18-13(8)15(21)19-12-7-10(14(17)20)6-11(16)9(12)2/h6-8,13,18H,3-5H2,1-2H3,(H2,17,20)(H,19,21). The largest absolute Gasteiger partial charge is 0.366 e. The lowest BCUT2D eigenvalue weighted by atomic mass is 9.92. The van der Waals surface area contributed by atoms with Gasteiger partial charge in [-0.05, 0) is 44.4 Å². The molecular weight excluding hydrogens is 273 g/mol. The number of halogens is 1. The summed E-state index contributed by atoms with van der Waals surface area (Å²) in [5.41, 5.74) is 5.78. The zero-order valence-electron chi connectivity index (χ0n) is 12.2. The third-order valence-corrected chi connectivity index (χ3v) is 3.94. The van der Waals surface area contributed by atoms with Gasteiger partial charge in [-0.3, -0.25) is 9.59 Å². The van der Waals surface area contributed by atoms with Gasteiger partial charge in [-0.25, -0.2) is 4.39 Å². The predicted octanol–water partition coefficient (Wildman–Crippen LogP) is 1.56. The molecule has 2 amide bonds. The molecule has 0 spiro atoms. The Hall–Kier alpha value is -1.95. The number of amides is 2. The summed E-state index contributed by atoms with van der Waals surface area (Å²) < 4.78 is 13.8. The Morgan fingerprint density at radius 1 is 1.43 bits per heavy atom. The molecular formula is C15H20FN3O2. The minimum absolute atomic E-state index is 0.0399. The van der Waals surface area contributed by atoms with Crippen LogP contribution in [0.3, 0.4) is 0 Å². The quantitative estimate of drug-likeness (QED) is 0.790. The Kier molecular flexibility index (Phi) is 4.57. The molecule has 1 saturated heterocycles. The highest BCUT2D eigenvalue weighted by molar-refractivity contribution is 5.98. The maximum absolute atomic E-state index is 13.8. The van der Waals surface area contributed by atoms with Crippen molar-refractivity contribution in [1.82, 2.24) is 5.32 Å². The van der Waals surface area contributed by atoms with Crippen LogP contribution >= 0.6 is 0 Å². The number of rotatable bonds is 3. The lowest BCUT2D eigenvalue weighted by Gasteiger charge is -2.29. The fourth-order valence-electron chi connectivity index (χ4n) is 2.56. The first-order chi connectivity index (χ1) is 9.90. The van der Waals surface area contributed by atoms with Gasteiger partial charge in [0.05, 0.1) is 6.04 Å². The van der Waals surface area contributed by atoms with E-state index in [9.17, 15) is 14.0 Å². The maximum atomic E-state index is 13.8. The van der Waals surface area contributed by atoms with E-state index in [1.165, 1.54) is 6.07 Å². The van der Waals surface area contributed by atoms with Gasteiger partial charge in [0.15, 0.2) is 0 Å². The van der Waals surface area contributed by atoms with E-state index < -0.39 is 11.7 Å². The Labute approximate surface area is 123 Å². The van der Waals surface area contributed by atoms with Crippen molar-refractivity contribution in [3.63, 3.8) is 0 Å². The summed E-state index contributed by atoms with van der Waals surface area (Å²) in [6, 6.07) is 2.18. The third-order valence-electron chi connectivity index (χ3n) is 3.94. The normalized spacial score (nSPS) is 21.9. The highest BCUT2D eigenvalue weighted by Crippen LogP contribution is 2.22. The van der Waals surface area contributed by atoms with Gasteiger partial charge in [0.25, 0.3) is 0 Å². The molecule has 0 aromatic heterocycles. The fourth-order valence-corrected chi connectivity index (χ4v) is 2.56. The van der Waals surface area contributed by atoms with Crippen LogP contribution in [0.5, 0.6) is 0 Å². The number of primary amides is 1. The molecule has 0 radical (unpaired) electrons. The van der Waals surface area contributed by atoms with Gasteiger partial charge in [0, 0.05) is 16.8 Å². The molecule has 21 heavy (non-hydrogen) atoms. The minimum Gasteiger partial charge on any atom is -0.366 e. The van der Waals surface area contributed by atoms with Crippen LogP contribution in [-0.2, 0) is 4.79 Å². The van der Waals surface area contributed by atoms with Crippen LogP contribution in [0.15, 0.2) is 12.1 Å². The number of benzene rings is 1. The number of carbonyl (C=O) groups excluding carboxylic acids is 2. The molecule has 2 unspecified atom stereocenters. The Balaban J connectivity index is 2.22. The fraction of sp³-hybridized carbons (Fsp3) is 0.467. The Morgan fingerprint density at radius 3 is 2.76 bits per heavy atom. The van der Waals surface area contributed by atoms with Crippen molar-refractivity contribution < 1.29 is 14.0 Å². The summed E-state index contributed by atoms with van der Waals surface area (Å²) in [5.74, 6) is -1.30. The molecule has 1 aliphatic rings. The highest BCUT2D eigenvalue weighted by atomic mass is 19.1. The minimum atomic E-state index is -0.728. The first kappa shape index (κ1) is 15.4. The number of hydrogen-bond donors (Lipinski definition) is 3. The van der Waals surface area contributed by atoms with Crippen LogP contribution in [0, 0.1) is 18.7 Å². The van der Waals surface area contributed by atoms with Crippen LogP contribution in [0.4, 0.5) is 10.1 Å². The Bertz CT molecular complexity index is 574. The van der Waals surface area contributed by atoms with Crippen molar-refractivity contribution in [2.45, 2.75) is 32.7 Å². The second-order valence-corrected chi connectivity index (χ2v) is 5.54. The molecule has 4 N–H and O–H groups in total. The van der Waals surface area contributed by atoms with E-state index in [1.807, 2.05) is 6.92 Å². The van der Waals surface area contributed by atoms with E-state index in [-0.39, 0.29) is 34.7 Å². The van der Waals surface area contributed by atoms with Gasteiger partial charge >= 0.3 is 0 Å². The molecule has 1 aromatic rings. The molecule has 0 bridgehead atoms. The van der Waals surface area contributed by atoms with Crippen LogP contribution in [0.1, 0.15) is 35.7 Å². The van der Waals surface area contributed by atoms with E-state index in [2.05, 4.69) is 10.6 Å². The molecule has 5 nitrogen and oxygen atoms in total. The molecule has 0 aliphatic carbocycles. The summed E-state index contributed by atoms with van der Waals surface area (Å²) in [5, 5.41) is 5.86. The number of carbonyl (C=O) groups is 2. The molecule has 1 heterocycles. The van der Waals surface area contributed by atoms with Crippen molar-refractivity contribution in [1.29, 1.82) is 0 Å². The van der Waals surface area contributed by atoms with Gasteiger partial charge in [0.1, 0.15) is 5.82 Å². The van der Waals surface area contributed by atoms with Crippen molar-refractivity contribution in [2.24, 2.45) is 11.7 Å². The number of piperidine rings is 1. The number of nitrogens with one attached hydrogen (secondary N) is 2. The first-order valence-corrected chi connectivity index (χ1v) is 7.04. The van der Waals surface area contributed by atoms with Crippen LogP contribution < -0.4 is 16.4 Å². The molecule has 114 valence electrons. The van der Waals surface area contributed by atoms with Gasteiger partial charge in [-0.15, -0.1) is 0 Å². The van der Waals surface area contributed by atoms with E-state index in [0.717, 1.165) is 25.5 Å². The van der Waals surface area contributed by atoms with Gasteiger partial charge in [0.2, 0.25) is 11.8 Å². The van der Waals surface area contributed by atoms with Crippen LogP contribution in [-0.4, -0.2) is 24.4 Å². The molecule has 2 rings (SSSR count). The van der Waals surface area contributed by atoms with E-state index >= 15 is 0 Å². The number of nitrogens with two attached hydrogens (primary N) is 1. The molecule has 2 atom stereocenters. The maximum Gasteiger partial charge on any atom is 0.248 e. The van der Waals surface area contributed by atoms with Crippen LogP contribution in [0.25, 0.3) is 0 Å². The summed E-state index contributed by atoms with van der Waals surface area (Å²) in [7, 11) is 0. The van der Waals surface area contributed by atoms with Crippen LogP contribution in [0.2, 0.25) is 0 Å². The topological polar surface area (TPSA) is 84.2 Å². The average Bonchev–Trinajstić information content (AvgIpc) is 2.43. The second kappa shape index (κ2) is 6.22. The predicted molar refractivity (Wildman–Crippen MR) is 78.5 cm³/mol. The Morgan fingerprint density at radius 2 is 2.14 bits per heavy atom. The summed E-state index contributed by atoms with van der Waals surface area (Å²) in [6.45, 7) is 4.34. The molecule has 0 saturated carbocycles. The van der Waals surface area contributed by atoms with Gasteiger partial charge in [-0.2, -0.15) is 0 Å². The van der Waals surface area contributed by atoms with E-state index in [1.54, 1.807) is 6.92 Å². The van der Waals surface area contributed by atoms with Crippen molar-refractivity contribution in [2.75, 3.05) is 11.9 Å². The zero-order chi connectivity index (χ0) is 15.6. The monoisotopic (exact) mass is 293 g/mol. The smallest absolute Gasteiger partial charge is 0.248 e. The molecule has 6 heteroatoms. The SMILES string of the molecule is Cc1c(F)cc(C(N)=O)cc1NC(=O)C1NCCCC1C. The van der Waals surface area contributed by atoms with Gasteiger partial charge in [-0.1, -0.05) is 6.92 Å². The molecule has 1 aromatic carbocycles. The van der Waals surface area contributed by atoms with E-state index in [0.29, 0.717) is 0 Å². The highest BCUT2D eigenvalue weighted by Gasteiger charge is 2.28. The third kappa shape index (κ3) is 3.39. The molecule has 1 aliphatic heterocycles. The van der Waals surface area contributed by atoms with Crippen molar-refractivity contribution in [3.05, 3.63) is 29.1 Å². The zero-order valence-corrected chi connectivity index (χ0v) is 12.2. The van der Waals surface area contributed by atoms with Crippen molar-refractivity contribution >= 4 is 17.5 Å². The lowest BCUT2D eigenvalue weighted by molar-refractivity contribution is -0.119. The lowest BCUT2D eigenvalue weighted by Crippen LogP contribution is -2.48. The van der Waals surface area contributed by atoms with E-state index in [4.69, 9.17) is 5.73 Å². The summed E-state index contributed by atoms with van der Waals surface area (Å²) in [4.78, 5) is 23.5. The number of anilines is 1. The molecule has 1 fully saturated rings. The summed E-state index contributed by atoms with van der Waals surface area (Å²) in [6.07, 6.45) is 2.01. The summed E-state index contributed by atoms with van der Waals surface area (Å²) >= 11 is 0. The average molecular weight is 293 g/mol. The van der Waals surface area contributed by atoms with Gasteiger partial charge < -0.3 is 16.4 Å².